The number of thiazole rings is 1. The summed E-state index contributed by atoms with van der Waals surface area (Å²) in [5.74, 6) is -0.586. The molecule has 2 unspecified atom stereocenters. The van der Waals surface area contributed by atoms with Crippen molar-refractivity contribution in [1.29, 1.82) is 0 Å². The lowest BCUT2D eigenvalue weighted by Crippen LogP contribution is -2.45. The zero-order valence-corrected chi connectivity index (χ0v) is 22.8. The van der Waals surface area contributed by atoms with Crippen LogP contribution in [0.4, 0.5) is 4.39 Å². The van der Waals surface area contributed by atoms with E-state index >= 15 is 0 Å². The molecule has 3 heterocycles. The van der Waals surface area contributed by atoms with Crippen LogP contribution in [0.2, 0.25) is 5.02 Å². The summed E-state index contributed by atoms with van der Waals surface area (Å²) < 4.78 is 22.2. The van der Waals surface area contributed by atoms with Gasteiger partial charge in [0.05, 0.1) is 18.2 Å². The second kappa shape index (κ2) is 10.7. The number of aliphatic imine (C=N–C) groups is 1. The molecule has 3 aliphatic rings. The number of rotatable bonds is 8. The lowest BCUT2D eigenvalue weighted by molar-refractivity contribution is -0.139. The molecular weight excluding hydrogens is 537 g/mol. The maximum atomic E-state index is 13.9. The number of carbonyl (C=O) groups is 2. The van der Waals surface area contributed by atoms with Crippen LogP contribution >= 0.6 is 34.9 Å². The van der Waals surface area contributed by atoms with Crippen molar-refractivity contribution >= 4 is 52.6 Å². The highest BCUT2D eigenvalue weighted by Crippen LogP contribution is 2.55. The molecule has 0 bridgehead atoms. The molecule has 1 aliphatic carbocycles. The number of likely N-dealkylation sites (tertiary alicyclic amines) is 1. The topological polar surface area (TPSA) is 95.9 Å². The highest BCUT2D eigenvalue weighted by molar-refractivity contribution is 7.97. The first-order chi connectivity index (χ1) is 17.8. The molecular formula is C25H27ClFN5O3S2. The van der Waals surface area contributed by atoms with E-state index in [0.717, 1.165) is 25.8 Å². The number of halogens is 2. The molecule has 2 fully saturated rings. The number of esters is 1. The van der Waals surface area contributed by atoms with Crippen molar-refractivity contribution in [2.24, 2.45) is 10.4 Å². The van der Waals surface area contributed by atoms with Gasteiger partial charge in [0.1, 0.15) is 11.9 Å². The van der Waals surface area contributed by atoms with E-state index < -0.39 is 17.8 Å². The number of amidine groups is 1. The Morgan fingerprint density at radius 1 is 1.41 bits per heavy atom. The van der Waals surface area contributed by atoms with Crippen molar-refractivity contribution in [1.82, 2.24) is 19.9 Å². The fourth-order valence-electron chi connectivity index (χ4n) is 5.05. The first-order valence-corrected chi connectivity index (χ1v) is 14.5. The summed E-state index contributed by atoms with van der Waals surface area (Å²) in [6, 6.07) is 2.89. The second-order valence-corrected chi connectivity index (χ2v) is 11.3. The first kappa shape index (κ1) is 26.1. The number of amides is 1. The number of hydrogen-bond donors (Lipinski definition) is 2. The highest BCUT2D eigenvalue weighted by atomic mass is 35.5. The number of aromatic nitrogens is 1. The molecule has 2 atom stereocenters. The molecule has 1 aromatic heterocycles. The average Bonchev–Trinajstić information content (AvgIpc) is 3.24. The summed E-state index contributed by atoms with van der Waals surface area (Å²) in [6.07, 6.45) is 6.45. The van der Waals surface area contributed by atoms with E-state index in [-0.39, 0.29) is 34.6 Å². The van der Waals surface area contributed by atoms with Gasteiger partial charge in [0.25, 0.3) is 0 Å². The smallest absolute Gasteiger partial charge is 0.338 e. The van der Waals surface area contributed by atoms with Crippen LogP contribution in [0.3, 0.4) is 0 Å². The molecule has 2 aromatic rings. The summed E-state index contributed by atoms with van der Waals surface area (Å²) in [4.78, 5) is 37.6. The monoisotopic (exact) mass is 563 g/mol. The van der Waals surface area contributed by atoms with E-state index in [1.807, 2.05) is 11.6 Å². The fourth-order valence-corrected chi connectivity index (χ4v) is 6.24. The molecule has 8 nitrogen and oxygen atoms in total. The first-order valence-electron chi connectivity index (χ1n) is 12.0. The van der Waals surface area contributed by atoms with Crippen LogP contribution in [0, 0.1) is 11.2 Å². The van der Waals surface area contributed by atoms with Gasteiger partial charge in [0.15, 0.2) is 10.8 Å². The second-order valence-electron chi connectivity index (χ2n) is 9.42. The maximum absolute atomic E-state index is 13.9. The van der Waals surface area contributed by atoms with Crippen molar-refractivity contribution in [3.05, 3.63) is 62.5 Å². The Morgan fingerprint density at radius 2 is 2.22 bits per heavy atom. The van der Waals surface area contributed by atoms with Crippen LogP contribution in [-0.4, -0.2) is 59.6 Å². The van der Waals surface area contributed by atoms with Gasteiger partial charge in [-0.15, -0.1) is 11.3 Å². The Bertz CT molecular complexity index is 1270. The van der Waals surface area contributed by atoms with Crippen LogP contribution in [0.25, 0.3) is 0 Å². The van der Waals surface area contributed by atoms with E-state index in [4.69, 9.17) is 21.3 Å². The normalized spacial score (nSPS) is 22.5. The lowest BCUT2D eigenvalue weighted by atomic mass is 9.95. The molecule has 2 N–H and O–H groups in total. The van der Waals surface area contributed by atoms with Gasteiger partial charge < -0.3 is 10.1 Å². The number of hydrogen-bond acceptors (Lipinski definition) is 9. The minimum Gasteiger partial charge on any atom is -0.463 e. The number of benzene rings is 1. The highest BCUT2D eigenvalue weighted by Gasteiger charge is 2.54. The predicted octanol–water partition coefficient (Wildman–Crippen LogP) is 4.09. The van der Waals surface area contributed by atoms with Gasteiger partial charge in [0, 0.05) is 47.2 Å². The minimum absolute atomic E-state index is 0.0442. The van der Waals surface area contributed by atoms with Crippen LogP contribution in [0.15, 0.2) is 46.0 Å². The van der Waals surface area contributed by atoms with E-state index in [0.29, 0.717) is 28.6 Å². The third-order valence-corrected chi connectivity index (χ3v) is 8.46. The van der Waals surface area contributed by atoms with Crippen molar-refractivity contribution in [3.8, 4) is 0 Å². The van der Waals surface area contributed by atoms with Crippen LogP contribution in [0.1, 0.15) is 42.8 Å². The van der Waals surface area contributed by atoms with E-state index in [9.17, 15) is 14.0 Å². The molecule has 0 radical (unpaired) electrons. The predicted molar refractivity (Wildman–Crippen MR) is 143 cm³/mol. The SMILES string of the molecule is CCOC(=O)C1=C(CN2CC3(CC3)CC2C(=O)NSC)NC(c2nccs2)=NC1c1ccc(F)cc1Cl. The quantitative estimate of drug-likeness (QED) is 0.369. The number of nitrogens with one attached hydrogen (secondary N) is 2. The largest absolute Gasteiger partial charge is 0.463 e. The Labute approximate surface area is 227 Å². The van der Waals surface area contributed by atoms with Crippen LogP contribution < -0.4 is 10.0 Å². The molecule has 1 aromatic carbocycles. The lowest BCUT2D eigenvalue weighted by Gasteiger charge is -2.31. The van der Waals surface area contributed by atoms with Crippen molar-refractivity contribution in [2.45, 2.75) is 38.3 Å². The van der Waals surface area contributed by atoms with Gasteiger partial charge in [-0.05, 0) is 43.7 Å². The van der Waals surface area contributed by atoms with Crippen molar-refractivity contribution < 1.29 is 18.7 Å². The molecule has 196 valence electrons. The molecule has 1 amide bonds. The summed E-state index contributed by atoms with van der Waals surface area (Å²) in [7, 11) is 0. The Morgan fingerprint density at radius 3 is 2.86 bits per heavy atom. The molecule has 1 saturated carbocycles. The summed E-state index contributed by atoms with van der Waals surface area (Å²) >= 11 is 9.14. The van der Waals surface area contributed by atoms with E-state index in [1.165, 1.54) is 41.5 Å². The van der Waals surface area contributed by atoms with Gasteiger partial charge in [-0.25, -0.2) is 14.2 Å². The molecule has 5 rings (SSSR count). The van der Waals surface area contributed by atoms with Gasteiger partial charge in [0.2, 0.25) is 5.91 Å². The number of ether oxygens (including phenoxy) is 1. The van der Waals surface area contributed by atoms with Crippen LogP contribution in [0.5, 0.6) is 0 Å². The summed E-state index contributed by atoms with van der Waals surface area (Å²) in [5, 5.41) is 5.96. The zero-order chi connectivity index (χ0) is 26.2. The molecule has 1 spiro atoms. The Hall–Kier alpha value is -2.47. The number of carbonyl (C=O) groups excluding carboxylic acids is 2. The molecule has 12 heteroatoms. The van der Waals surface area contributed by atoms with Crippen LogP contribution in [-0.2, 0) is 14.3 Å². The van der Waals surface area contributed by atoms with Gasteiger partial charge in [-0.3, -0.25) is 19.4 Å². The molecule has 1 saturated heterocycles. The van der Waals surface area contributed by atoms with Gasteiger partial charge in [-0.1, -0.05) is 29.6 Å². The summed E-state index contributed by atoms with van der Waals surface area (Å²) in [5.41, 5.74) is 1.49. The van der Waals surface area contributed by atoms with E-state index in [2.05, 4.69) is 19.9 Å². The maximum Gasteiger partial charge on any atom is 0.338 e. The number of nitrogens with zero attached hydrogens (tertiary/aromatic N) is 3. The molecule has 37 heavy (non-hydrogen) atoms. The van der Waals surface area contributed by atoms with Gasteiger partial charge in [-0.2, -0.15) is 0 Å². The van der Waals surface area contributed by atoms with Crippen molar-refractivity contribution in [2.75, 3.05) is 26.0 Å². The molecule has 2 aliphatic heterocycles. The summed E-state index contributed by atoms with van der Waals surface area (Å²) in [6.45, 7) is 2.97. The Kier molecular flexibility index (Phi) is 7.58. The van der Waals surface area contributed by atoms with Gasteiger partial charge >= 0.3 is 5.97 Å². The zero-order valence-electron chi connectivity index (χ0n) is 20.4. The van der Waals surface area contributed by atoms with E-state index in [1.54, 1.807) is 13.1 Å². The third-order valence-electron chi connectivity index (χ3n) is 6.94. The average molecular weight is 564 g/mol. The van der Waals surface area contributed by atoms with Crippen molar-refractivity contribution in [3.63, 3.8) is 0 Å². The third kappa shape index (κ3) is 5.41. The fraction of sp³-hybridized carbons (Fsp3) is 0.440. The Balaban J connectivity index is 1.59. The minimum atomic E-state index is -0.835. The standard InChI is InChI=1S/C25H27ClFN5O3S2/c1-3-35-24(34)19-17(12-32-13-25(6-7-25)11-18(32)22(33)31-36-2)29-21(23-28-8-9-37-23)30-20(19)15-5-4-14(27)10-16(15)26/h4-5,8-10,18,20H,3,6-7,11-13H2,1-2H3,(H,29,30)(H,31,33).